The minimum Gasteiger partial charge on any atom is -0.485 e. The van der Waals surface area contributed by atoms with Crippen LogP contribution < -0.4 is 14.2 Å². The van der Waals surface area contributed by atoms with E-state index in [0.29, 0.717) is 36.2 Å². The Morgan fingerprint density at radius 3 is 1.14 bits per heavy atom. The van der Waals surface area contributed by atoms with Crippen LogP contribution in [0.1, 0.15) is 11.1 Å². The molecule has 4 aromatic rings. The summed E-state index contributed by atoms with van der Waals surface area (Å²) in [5, 5.41) is 0. The molecule has 0 aliphatic carbocycles. The van der Waals surface area contributed by atoms with Crippen LogP contribution in [0.5, 0.6) is 23.0 Å². The van der Waals surface area contributed by atoms with Gasteiger partial charge in [0.25, 0.3) is 0 Å². The van der Waals surface area contributed by atoms with Crippen molar-refractivity contribution in [3.8, 4) is 23.0 Å². The third-order valence-electron chi connectivity index (χ3n) is 4.39. The molecule has 0 bridgehead atoms. The summed E-state index contributed by atoms with van der Waals surface area (Å²) in [7, 11) is 0. The summed E-state index contributed by atoms with van der Waals surface area (Å²) >= 11 is 0. The SMILES string of the molecule is c1ccc(COc2ccccc2Oc2ccccc2OCc2ccccc2)cc1. The number of hydrogen-bond acceptors (Lipinski definition) is 3. The summed E-state index contributed by atoms with van der Waals surface area (Å²) in [5.41, 5.74) is 2.21. The molecule has 3 nitrogen and oxygen atoms in total. The van der Waals surface area contributed by atoms with Crippen LogP contribution in [0.2, 0.25) is 0 Å². The predicted octanol–water partition coefficient (Wildman–Crippen LogP) is 6.64. The normalized spacial score (nSPS) is 10.3. The standard InChI is InChI=1S/C26H22O3/c1-3-11-21(12-4-1)19-27-23-15-7-9-17-25(23)29-26-18-10-8-16-24(26)28-20-22-13-5-2-6-14-22/h1-18H,19-20H2. The average molecular weight is 382 g/mol. The van der Waals surface area contributed by atoms with Gasteiger partial charge in [-0.3, -0.25) is 0 Å². The molecule has 0 saturated carbocycles. The van der Waals surface area contributed by atoms with Crippen molar-refractivity contribution in [1.29, 1.82) is 0 Å². The number of benzene rings is 4. The fourth-order valence-corrected chi connectivity index (χ4v) is 2.90. The van der Waals surface area contributed by atoms with Gasteiger partial charge in [-0.25, -0.2) is 0 Å². The van der Waals surface area contributed by atoms with Crippen molar-refractivity contribution in [2.45, 2.75) is 13.2 Å². The first-order valence-corrected chi connectivity index (χ1v) is 9.58. The second-order valence-electron chi connectivity index (χ2n) is 6.54. The van der Waals surface area contributed by atoms with Crippen molar-refractivity contribution >= 4 is 0 Å². The van der Waals surface area contributed by atoms with Gasteiger partial charge in [-0.05, 0) is 35.4 Å². The molecule has 0 amide bonds. The Balaban J connectivity index is 1.48. The largest absolute Gasteiger partial charge is 0.485 e. The zero-order valence-corrected chi connectivity index (χ0v) is 16.0. The van der Waals surface area contributed by atoms with E-state index in [2.05, 4.69) is 0 Å². The summed E-state index contributed by atoms with van der Waals surface area (Å²) in [6.07, 6.45) is 0. The first-order valence-electron chi connectivity index (χ1n) is 9.58. The lowest BCUT2D eigenvalue weighted by atomic mass is 10.2. The van der Waals surface area contributed by atoms with E-state index >= 15 is 0 Å². The van der Waals surface area contributed by atoms with Crippen molar-refractivity contribution in [3.05, 3.63) is 120 Å². The minimum atomic E-state index is 0.480. The molecular formula is C26H22O3. The third-order valence-corrected chi connectivity index (χ3v) is 4.39. The Morgan fingerprint density at radius 1 is 0.379 bits per heavy atom. The van der Waals surface area contributed by atoms with E-state index < -0.39 is 0 Å². The molecular weight excluding hydrogens is 360 g/mol. The average Bonchev–Trinajstić information content (AvgIpc) is 2.79. The van der Waals surface area contributed by atoms with E-state index in [0.717, 1.165) is 11.1 Å². The van der Waals surface area contributed by atoms with E-state index in [4.69, 9.17) is 14.2 Å². The van der Waals surface area contributed by atoms with Crippen LogP contribution in [0.4, 0.5) is 0 Å². The first kappa shape index (κ1) is 18.6. The maximum absolute atomic E-state index is 6.17. The first-order chi connectivity index (χ1) is 14.4. The molecule has 29 heavy (non-hydrogen) atoms. The monoisotopic (exact) mass is 382 g/mol. The topological polar surface area (TPSA) is 27.7 Å². The Labute approximate surface area is 171 Å². The molecule has 0 heterocycles. The van der Waals surface area contributed by atoms with Gasteiger partial charge in [-0.15, -0.1) is 0 Å². The number of hydrogen-bond donors (Lipinski definition) is 0. The number of para-hydroxylation sites is 4. The second-order valence-corrected chi connectivity index (χ2v) is 6.54. The van der Waals surface area contributed by atoms with Gasteiger partial charge in [0.2, 0.25) is 0 Å². The summed E-state index contributed by atoms with van der Waals surface area (Å²) in [6.45, 7) is 0.959. The Morgan fingerprint density at radius 2 is 0.724 bits per heavy atom. The maximum atomic E-state index is 6.17. The van der Waals surface area contributed by atoms with Crippen LogP contribution >= 0.6 is 0 Å². The van der Waals surface area contributed by atoms with Gasteiger partial charge in [0.05, 0.1) is 0 Å². The molecule has 144 valence electrons. The van der Waals surface area contributed by atoms with E-state index in [-0.39, 0.29) is 0 Å². The highest BCUT2D eigenvalue weighted by Crippen LogP contribution is 2.36. The predicted molar refractivity (Wildman–Crippen MR) is 115 cm³/mol. The minimum absolute atomic E-state index is 0.480. The van der Waals surface area contributed by atoms with Gasteiger partial charge >= 0.3 is 0 Å². The maximum Gasteiger partial charge on any atom is 0.169 e. The highest BCUT2D eigenvalue weighted by molar-refractivity contribution is 5.47. The van der Waals surface area contributed by atoms with Gasteiger partial charge in [-0.1, -0.05) is 84.9 Å². The van der Waals surface area contributed by atoms with Crippen LogP contribution in [0.3, 0.4) is 0 Å². The highest BCUT2D eigenvalue weighted by Gasteiger charge is 2.10. The van der Waals surface area contributed by atoms with Crippen LogP contribution in [-0.4, -0.2) is 0 Å². The molecule has 0 saturated heterocycles. The Bertz CT molecular complexity index is 945. The van der Waals surface area contributed by atoms with Gasteiger partial charge in [0.1, 0.15) is 13.2 Å². The molecule has 4 rings (SSSR count). The molecule has 0 fully saturated rings. The fraction of sp³-hybridized carbons (Fsp3) is 0.0769. The molecule has 0 N–H and O–H groups in total. The molecule has 4 aromatic carbocycles. The van der Waals surface area contributed by atoms with Gasteiger partial charge in [0.15, 0.2) is 23.0 Å². The number of rotatable bonds is 8. The molecule has 0 aromatic heterocycles. The zero-order chi connectivity index (χ0) is 19.7. The van der Waals surface area contributed by atoms with Gasteiger partial charge in [-0.2, -0.15) is 0 Å². The second kappa shape index (κ2) is 9.47. The van der Waals surface area contributed by atoms with Crippen molar-refractivity contribution in [2.75, 3.05) is 0 Å². The van der Waals surface area contributed by atoms with Crippen molar-refractivity contribution in [2.24, 2.45) is 0 Å². The fourth-order valence-electron chi connectivity index (χ4n) is 2.90. The third kappa shape index (κ3) is 5.17. The molecule has 0 aliphatic heterocycles. The van der Waals surface area contributed by atoms with E-state index in [9.17, 15) is 0 Å². The quantitative estimate of drug-likeness (QED) is 0.342. The molecule has 0 spiro atoms. The molecule has 0 unspecified atom stereocenters. The van der Waals surface area contributed by atoms with Crippen LogP contribution in [-0.2, 0) is 13.2 Å². The van der Waals surface area contributed by atoms with E-state index in [1.807, 2.05) is 109 Å². The zero-order valence-electron chi connectivity index (χ0n) is 16.0. The summed E-state index contributed by atoms with van der Waals surface area (Å²) in [6, 6.07) is 35.5. The lowest BCUT2D eigenvalue weighted by Gasteiger charge is -2.15. The smallest absolute Gasteiger partial charge is 0.169 e. The molecule has 3 heteroatoms. The number of ether oxygens (including phenoxy) is 3. The Kier molecular flexibility index (Phi) is 6.08. The van der Waals surface area contributed by atoms with E-state index in [1.54, 1.807) is 0 Å². The molecule has 0 aliphatic rings. The van der Waals surface area contributed by atoms with Crippen molar-refractivity contribution in [3.63, 3.8) is 0 Å². The van der Waals surface area contributed by atoms with Crippen molar-refractivity contribution in [1.82, 2.24) is 0 Å². The van der Waals surface area contributed by atoms with Crippen LogP contribution in [0.15, 0.2) is 109 Å². The lowest BCUT2D eigenvalue weighted by Crippen LogP contribution is -1.99. The Hall–Kier alpha value is -3.72. The highest BCUT2D eigenvalue weighted by atomic mass is 16.5. The molecule has 0 radical (unpaired) electrons. The lowest BCUT2D eigenvalue weighted by molar-refractivity contribution is 0.277. The van der Waals surface area contributed by atoms with Crippen LogP contribution in [0, 0.1) is 0 Å². The summed E-state index contributed by atoms with van der Waals surface area (Å²) < 4.78 is 18.2. The summed E-state index contributed by atoms with van der Waals surface area (Å²) in [5.74, 6) is 2.68. The van der Waals surface area contributed by atoms with Crippen molar-refractivity contribution < 1.29 is 14.2 Å². The molecule has 0 atom stereocenters. The van der Waals surface area contributed by atoms with Crippen LogP contribution in [0.25, 0.3) is 0 Å². The van der Waals surface area contributed by atoms with Gasteiger partial charge < -0.3 is 14.2 Å². The summed E-state index contributed by atoms with van der Waals surface area (Å²) in [4.78, 5) is 0. The van der Waals surface area contributed by atoms with E-state index in [1.165, 1.54) is 0 Å². The van der Waals surface area contributed by atoms with Gasteiger partial charge in [0, 0.05) is 0 Å².